The fourth-order valence-electron chi connectivity index (χ4n) is 4.13. The van der Waals surface area contributed by atoms with E-state index < -0.39 is 23.6 Å². The zero-order valence-corrected chi connectivity index (χ0v) is 18.5. The van der Waals surface area contributed by atoms with Gasteiger partial charge >= 0.3 is 0 Å². The van der Waals surface area contributed by atoms with E-state index in [0.29, 0.717) is 23.6 Å². The summed E-state index contributed by atoms with van der Waals surface area (Å²) in [4.78, 5) is 30.2. The Morgan fingerprint density at radius 2 is 1.80 bits per heavy atom. The molecular weight excluding hydrogens is 452 g/mol. The SMILES string of the molecule is NC(=O)C1C(O)=C(O)N=C(c2cccc(Cn3ccccc3=O)c2)N1Cc1ccc2c(c1)OCO2. The number of aliphatic hydroxyl groups excluding tert-OH is 2. The number of aliphatic imine (C=N–C) groups is 1. The quantitative estimate of drug-likeness (QED) is 0.497. The van der Waals surface area contributed by atoms with Gasteiger partial charge in [-0.3, -0.25) is 9.59 Å². The number of nitrogens with zero attached hydrogens (tertiary/aromatic N) is 3. The van der Waals surface area contributed by atoms with Crippen molar-refractivity contribution < 1.29 is 24.5 Å². The molecule has 3 aromatic rings. The van der Waals surface area contributed by atoms with E-state index >= 15 is 0 Å². The van der Waals surface area contributed by atoms with Crippen molar-refractivity contribution in [2.45, 2.75) is 19.1 Å². The molecule has 4 N–H and O–H groups in total. The van der Waals surface area contributed by atoms with E-state index in [1.807, 2.05) is 6.07 Å². The fraction of sp³-hybridized carbons (Fsp3) is 0.160. The molecule has 5 rings (SSSR count). The van der Waals surface area contributed by atoms with E-state index in [4.69, 9.17) is 15.2 Å². The zero-order valence-electron chi connectivity index (χ0n) is 18.5. The minimum atomic E-state index is -1.34. The maximum absolute atomic E-state index is 12.4. The summed E-state index contributed by atoms with van der Waals surface area (Å²) < 4.78 is 12.4. The van der Waals surface area contributed by atoms with Crippen molar-refractivity contribution in [3.05, 3.63) is 106 Å². The molecule has 2 aliphatic heterocycles. The molecule has 0 radical (unpaired) electrons. The van der Waals surface area contributed by atoms with Crippen molar-refractivity contribution >= 4 is 11.7 Å². The second kappa shape index (κ2) is 8.90. The average molecular weight is 474 g/mol. The molecule has 178 valence electrons. The molecule has 0 aliphatic carbocycles. The lowest BCUT2D eigenvalue weighted by Crippen LogP contribution is -2.51. The molecule has 1 aromatic heterocycles. The summed E-state index contributed by atoms with van der Waals surface area (Å²) in [6.07, 6.45) is 1.69. The Labute approximate surface area is 199 Å². The third kappa shape index (κ3) is 4.29. The maximum atomic E-state index is 12.4. The Bertz CT molecular complexity index is 1430. The number of hydrogen-bond acceptors (Lipinski definition) is 8. The molecule has 0 saturated carbocycles. The third-order valence-electron chi connectivity index (χ3n) is 5.78. The predicted molar refractivity (Wildman–Crippen MR) is 126 cm³/mol. The van der Waals surface area contributed by atoms with Crippen LogP contribution >= 0.6 is 0 Å². The van der Waals surface area contributed by atoms with Crippen molar-refractivity contribution in [2.75, 3.05) is 6.79 Å². The molecule has 35 heavy (non-hydrogen) atoms. The summed E-state index contributed by atoms with van der Waals surface area (Å²) in [5.74, 6) is -0.758. The summed E-state index contributed by atoms with van der Waals surface area (Å²) in [5.41, 5.74) is 7.59. The van der Waals surface area contributed by atoms with Gasteiger partial charge in [0, 0.05) is 24.4 Å². The molecule has 1 unspecified atom stereocenters. The Balaban J connectivity index is 1.53. The van der Waals surface area contributed by atoms with Gasteiger partial charge in [0.15, 0.2) is 23.3 Å². The first-order valence-corrected chi connectivity index (χ1v) is 10.8. The van der Waals surface area contributed by atoms with Gasteiger partial charge in [0.2, 0.25) is 12.7 Å². The zero-order chi connectivity index (χ0) is 24.5. The largest absolute Gasteiger partial charge is 0.505 e. The number of rotatable bonds is 6. The van der Waals surface area contributed by atoms with Crippen molar-refractivity contribution in [1.29, 1.82) is 0 Å². The van der Waals surface area contributed by atoms with E-state index in [9.17, 15) is 19.8 Å². The highest BCUT2D eigenvalue weighted by Gasteiger charge is 2.37. The van der Waals surface area contributed by atoms with Gasteiger partial charge in [-0.1, -0.05) is 30.3 Å². The number of hydrogen-bond donors (Lipinski definition) is 3. The first kappa shape index (κ1) is 22.1. The molecule has 0 saturated heterocycles. The van der Waals surface area contributed by atoms with Gasteiger partial charge in [-0.15, -0.1) is 0 Å². The molecule has 2 aliphatic rings. The van der Waals surface area contributed by atoms with E-state index in [-0.39, 0.29) is 24.7 Å². The van der Waals surface area contributed by atoms with Gasteiger partial charge in [0.05, 0.1) is 6.54 Å². The molecule has 3 heterocycles. The van der Waals surface area contributed by atoms with Gasteiger partial charge < -0.3 is 34.9 Å². The van der Waals surface area contributed by atoms with Crippen LogP contribution < -0.4 is 20.8 Å². The molecule has 0 bridgehead atoms. The van der Waals surface area contributed by atoms with E-state index in [1.54, 1.807) is 59.3 Å². The number of ether oxygens (including phenoxy) is 2. The number of carbonyl (C=O) groups is 1. The molecular formula is C25H22N4O6. The minimum Gasteiger partial charge on any atom is -0.505 e. The number of primary amides is 1. The number of pyridine rings is 1. The highest BCUT2D eigenvalue weighted by molar-refractivity contribution is 6.03. The number of nitrogens with two attached hydrogens (primary N) is 1. The summed E-state index contributed by atoms with van der Waals surface area (Å²) in [5, 5.41) is 20.8. The molecule has 10 nitrogen and oxygen atoms in total. The molecule has 10 heteroatoms. The Kier molecular flexibility index (Phi) is 5.61. The molecule has 0 fully saturated rings. The van der Waals surface area contributed by atoms with Gasteiger partial charge in [-0.05, 0) is 35.4 Å². The highest BCUT2D eigenvalue weighted by Crippen LogP contribution is 2.34. The van der Waals surface area contributed by atoms with Crippen LogP contribution in [0.4, 0.5) is 0 Å². The van der Waals surface area contributed by atoms with Crippen molar-refractivity contribution in [3.63, 3.8) is 0 Å². The van der Waals surface area contributed by atoms with E-state index in [1.165, 1.54) is 11.0 Å². The lowest BCUT2D eigenvalue weighted by molar-refractivity contribution is -0.122. The van der Waals surface area contributed by atoms with Crippen LogP contribution in [0.3, 0.4) is 0 Å². The van der Waals surface area contributed by atoms with Crippen molar-refractivity contribution in [2.24, 2.45) is 10.7 Å². The number of amidine groups is 1. The highest BCUT2D eigenvalue weighted by atomic mass is 16.7. The van der Waals surface area contributed by atoms with Crippen LogP contribution in [0.15, 0.2) is 88.3 Å². The van der Waals surface area contributed by atoms with E-state index in [0.717, 1.165) is 11.1 Å². The summed E-state index contributed by atoms with van der Waals surface area (Å²) in [6, 6.07) is 16.1. The number of carbonyl (C=O) groups excluding carboxylic acids is 1. The lowest BCUT2D eigenvalue weighted by Gasteiger charge is -2.35. The van der Waals surface area contributed by atoms with Crippen LogP contribution in [0.25, 0.3) is 0 Å². The van der Waals surface area contributed by atoms with Gasteiger partial charge in [0.1, 0.15) is 5.84 Å². The predicted octanol–water partition coefficient (Wildman–Crippen LogP) is 2.03. The normalized spacial score (nSPS) is 16.9. The van der Waals surface area contributed by atoms with Gasteiger partial charge in [0.25, 0.3) is 11.4 Å². The standard InChI is InChI=1S/C25H22N4O6/c26-23(32)21-22(31)25(33)27-24(29(21)13-16-7-8-18-19(11-16)35-14-34-18)17-5-3-4-15(10-17)12-28-9-2-1-6-20(28)30/h1-11,21,31,33H,12-14H2,(H2,26,32). The lowest BCUT2D eigenvalue weighted by atomic mass is 10.0. The van der Waals surface area contributed by atoms with Crippen LogP contribution in [0, 0.1) is 0 Å². The second-order valence-corrected chi connectivity index (χ2v) is 8.13. The van der Waals surface area contributed by atoms with Crippen LogP contribution in [0.1, 0.15) is 16.7 Å². The monoisotopic (exact) mass is 474 g/mol. The topological polar surface area (TPSA) is 140 Å². The fourth-order valence-corrected chi connectivity index (χ4v) is 4.13. The maximum Gasteiger partial charge on any atom is 0.254 e. The number of fused-ring (bicyclic) bond motifs is 1. The van der Waals surface area contributed by atoms with Crippen LogP contribution in [0.5, 0.6) is 11.5 Å². The Hall–Kier alpha value is -4.73. The second-order valence-electron chi connectivity index (χ2n) is 8.13. The van der Waals surface area contributed by atoms with Crippen LogP contribution in [-0.4, -0.2) is 44.3 Å². The summed E-state index contributed by atoms with van der Waals surface area (Å²) in [7, 11) is 0. The minimum absolute atomic E-state index is 0.119. The number of aromatic nitrogens is 1. The Morgan fingerprint density at radius 1 is 1.00 bits per heavy atom. The third-order valence-corrected chi connectivity index (χ3v) is 5.78. The molecule has 1 amide bonds. The number of benzene rings is 2. The van der Waals surface area contributed by atoms with Gasteiger partial charge in [-0.25, -0.2) is 0 Å². The van der Waals surface area contributed by atoms with Crippen LogP contribution in [0.2, 0.25) is 0 Å². The molecule has 1 atom stereocenters. The van der Waals surface area contributed by atoms with Crippen molar-refractivity contribution in [1.82, 2.24) is 9.47 Å². The van der Waals surface area contributed by atoms with E-state index in [2.05, 4.69) is 4.99 Å². The summed E-state index contributed by atoms with van der Waals surface area (Å²) in [6.45, 7) is 0.561. The number of amides is 1. The van der Waals surface area contributed by atoms with Gasteiger partial charge in [-0.2, -0.15) is 4.99 Å². The van der Waals surface area contributed by atoms with Crippen molar-refractivity contribution in [3.8, 4) is 11.5 Å². The first-order chi connectivity index (χ1) is 16.9. The molecule has 2 aromatic carbocycles. The smallest absolute Gasteiger partial charge is 0.254 e. The number of aliphatic hydroxyl groups is 2. The Morgan fingerprint density at radius 3 is 2.60 bits per heavy atom. The average Bonchev–Trinajstić information content (AvgIpc) is 3.31. The van der Waals surface area contributed by atoms with Crippen LogP contribution in [-0.2, 0) is 17.9 Å². The summed E-state index contributed by atoms with van der Waals surface area (Å²) >= 11 is 0. The molecule has 0 spiro atoms. The first-order valence-electron chi connectivity index (χ1n) is 10.8.